The highest BCUT2D eigenvalue weighted by Gasteiger charge is 2.36. The SMILES string of the molecule is NC(=S)C1(NC(=O)N2CCCCC2)CCCCCC1. The number of hydrogen-bond donors (Lipinski definition) is 2. The van der Waals surface area contributed by atoms with E-state index in [0.717, 1.165) is 51.6 Å². The second kappa shape index (κ2) is 6.55. The molecule has 0 unspecified atom stereocenters. The minimum absolute atomic E-state index is 0.0226. The highest BCUT2D eigenvalue weighted by molar-refractivity contribution is 7.80. The van der Waals surface area contributed by atoms with Crippen molar-refractivity contribution in [2.45, 2.75) is 63.3 Å². The summed E-state index contributed by atoms with van der Waals surface area (Å²) in [6.07, 6.45) is 9.83. The molecule has 2 rings (SSSR count). The summed E-state index contributed by atoms with van der Waals surface area (Å²) >= 11 is 5.25. The van der Waals surface area contributed by atoms with E-state index in [9.17, 15) is 4.79 Å². The molecule has 5 heteroatoms. The Morgan fingerprint density at radius 3 is 2.05 bits per heavy atom. The minimum Gasteiger partial charge on any atom is -0.391 e. The Kier molecular flexibility index (Phi) is 5.02. The first-order chi connectivity index (χ1) is 9.14. The van der Waals surface area contributed by atoms with Crippen LogP contribution >= 0.6 is 12.2 Å². The van der Waals surface area contributed by atoms with E-state index >= 15 is 0 Å². The van der Waals surface area contributed by atoms with Gasteiger partial charge in [-0.05, 0) is 32.1 Å². The maximum absolute atomic E-state index is 12.4. The predicted octanol–water partition coefficient (Wildman–Crippen LogP) is 2.56. The van der Waals surface area contributed by atoms with Crippen molar-refractivity contribution in [3.05, 3.63) is 0 Å². The Balaban J connectivity index is 2.02. The van der Waals surface area contributed by atoms with Crippen molar-refractivity contribution < 1.29 is 4.79 Å². The van der Waals surface area contributed by atoms with Crippen LogP contribution < -0.4 is 11.1 Å². The zero-order chi connectivity index (χ0) is 13.7. The summed E-state index contributed by atoms with van der Waals surface area (Å²) in [5, 5.41) is 3.16. The third kappa shape index (κ3) is 3.59. The molecule has 0 radical (unpaired) electrons. The zero-order valence-corrected chi connectivity index (χ0v) is 12.4. The molecular weight excluding hydrogens is 258 g/mol. The highest BCUT2D eigenvalue weighted by atomic mass is 32.1. The zero-order valence-electron chi connectivity index (χ0n) is 11.6. The molecule has 4 nitrogen and oxygen atoms in total. The summed E-state index contributed by atoms with van der Waals surface area (Å²) in [5.41, 5.74) is 5.50. The Bertz CT molecular complexity index is 332. The lowest BCUT2D eigenvalue weighted by Gasteiger charge is -2.36. The molecule has 1 saturated carbocycles. The number of nitrogens with zero attached hydrogens (tertiary/aromatic N) is 1. The minimum atomic E-state index is -0.444. The molecule has 2 aliphatic rings. The lowest BCUT2D eigenvalue weighted by atomic mass is 9.90. The van der Waals surface area contributed by atoms with Gasteiger partial charge < -0.3 is 16.0 Å². The number of hydrogen-bond acceptors (Lipinski definition) is 2. The number of amides is 2. The average molecular weight is 283 g/mol. The van der Waals surface area contributed by atoms with Crippen LogP contribution in [0.1, 0.15) is 57.8 Å². The van der Waals surface area contributed by atoms with Crippen LogP contribution in [0.5, 0.6) is 0 Å². The summed E-state index contributed by atoms with van der Waals surface area (Å²) in [6.45, 7) is 1.72. The van der Waals surface area contributed by atoms with Crippen LogP contribution in [0.15, 0.2) is 0 Å². The Hall–Kier alpha value is -0.840. The first-order valence-corrected chi connectivity index (χ1v) is 7.92. The van der Waals surface area contributed by atoms with Gasteiger partial charge in [-0.25, -0.2) is 4.79 Å². The quantitative estimate of drug-likeness (QED) is 0.605. The van der Waals surface area contributed by atoms with Gasteiger partial charge in [0.05, 0.1) is 10.5 Å². The second-order valence-electron chi connectivity index (χ2n) is 5.84. The number of urea groups is 1. The van der Waals surface area contributed by atoms with E-state index in [1.165, 1.54) is 19.3 Å². The molecule has 0 aromatic heterocycles. The van der Waals surface area contributed by atoms with E-state index in [2.05, 4.69) is 5.32 Å². The molecule has 0 aromatic carbocycles. The van der Waals surface area contributed by atoms with Crippen LogP contribution in [0.2, 0.25) is 0 Å². The van der Waals surface area contributed by atoms with Crippen LogP contribution in [-0.4, -0.2) is 34.5 Å². The molecule has 1 heterocycles. The molecule has 1 saturated heterocycles. The van der Waals surface area contributed by atoms with E-state index < -0.39 is 5.54 Å². The number of piperidine rings is 1. The Morgan fingerprint density at radius 2 is 1.53 bits per heavy atom. The van der Waals surface area contributed by atoms with E-state index in [4.69, 9.17) is 18.0 Å². The molecule has 1 aliphatic heterocycles. The van der Waals surface area contributed by atoms with Gasteiger partial charge in [-0.1, -0.05) is 37.9 Å². The summed E-state index contributed by atoms with van der Waals surface area (Å²) in [6, 6.07) is 0.0226. The number of nitrogens with two attached hydrogens (primary N) is 1. The number of carbonyl (C=O) groups excluding carboxylic acids is 1. The summed E-state index contributed by atoms with van der Waals surface area (Å²) < 4.78 is 0. The molecule has 19 heavy (non-hydrogen) atoms. The third-order valence-corrected chi connectivity index (χ3v) is 4.81. The van der Waals surface area contributed by atoms with Gasteiger partial charge >= 0.3 is 6.03 Å². The molecule has 2 fully saturated rings. The summed E-state index contributed by atoms with van der Waals surface area (Å²) in [4.78, 5) is 14.8. The van der Waals surface area contributed by atoms with Gasteiger partial charge in [-0.15, -0.1) is 0 Å². The van der Waals surface area contributed by atoms with Crippen molar-refractivity contribution in [2.75, 3.05) is 13.1 Å². The van der Waals surface area contributed by atoms with Crippen LogP contribution in [0, 0.1) is 0 Å². The van der Waals surface area contributed by atoms with Gasteiger partial charge in [0.15, 0.2) is 0 Å². The van der Waals surface area contributed by atoms with Gasteiger partial charge in [0.2, 0.25) is 0 Å². The lowest BCUT2D eigenvalue weighted by molar-refractivity contribution is 0.177. The highest BCUT2D eigenvalue weighted by Crippen LogP contribution is 2.28. The molecule has 108 valence electrons. The molecular formula is C14H25N3OS. The number of nitrogens with one attached hydrogen (secondary N) is 1. The molecule has 0 bridgehead atoms. The van der Waals surface area contributed by atoms with E-state index in [0.29, 0.717) is 4.99 Å². The summed E-state index contributed by atoms with van der Waals surface area (Å²) in [5.74, 6) is 0. The van der Waals surface area contributed by atoms with Crippen molar-refractivity contribution >= 4 is 23.2 Å². The van der Waals surface area contributed by atoms with Gasteiger partial charge in [0.1, 0.15) is 0 Å². The molecule has 1 aliphatic carbocycles. The number of carbonyl (C=O) groups is 1. The molecule has 3 N–H and O–H groups in total. The fourth-order valence-corrected chi connectivity index (χ4v) is 3.40. The van der Waals surface area contributed by atoms with Crippen molar-refractivity contribution in [1.29, 1.82) is 0 Å². The lowest BCUT2D eigenvalue weighted by Crippen LogP contribution is -2.59. The molecule has 0 spiro atoms. The first-order valence-electron chi connectivity index (χ1n) is 7.51. The largest absolute Gasteiger partial charge is 0.391 e. The standard InChI is InChI=1S/C14H25N3OS/c15-12(19)14(8-4-1-2-5-9-14)16-13(18)17-10-6-3-7-11-17/h1-11H2,(H2,15,19)(H,16,18). The van der Waals surface area contributed by atoms with E-state index in [-0.39, 0.29) is 6.03 Å². The molecule has 0 aromatic rings. The monoisotopic (exact) mass is 283 g/mol. The number of likely N-dealkylation sites (tertiary alicyclic amines) is 1. The van der Waals surface area contributed by atoms with Crippen molar-refractivity contribution in [2.24, 2.45) is 5.73 Å². The maximum Gasteiger partial charge on any atom is 0.318 e. The van der Waals surface area contributed by atoms with Gasteiger partial charge in [-0.2, -0.15) is 0 Å². The van der Waals surface area contributed by atoms with Gasteiger partial charge in [0.25, 0.3) is 0 Å². The number of thiocarbonyl (C=S) groups is 1. The normalized spacial score (nSPS) is 23.5. The van der Waals surface area contributed by atoms with Crippen molar-refractivity contribution in [1.82, 2.24) is 10.2 Å². The second-order valence-corrected chi connectivity index (χ2v) is 6.28. The van der Waals surface area contributed by atoms with Crippen LogP contribution in [0.25, 0.3) is 0 Å². The Morgan fingerprint density at radius 1 is 1.00 bits per heavy atom. The molecule has 0 atom stereocenters. The van der Waals surface area contributed by atoms with Crippen LogP contribution in [0.4, 0.5) is 4.79 Å². The maximum atomic E-state index is 12.4. The summed E-state index contributed by atoms with van der Waals surface area (Å²) in [7, 11) is 0. The van der Waals surface area contributed by atoms with Gasteiger partial charge in [-0.3, -0.25) is 0 Å². The topological polar surface area (TPSA) is 58.4 Å². The fourth-order valence-electron chi connectivity index (χ4n) is 3.15. The average Bonchev–Trinajstić information content (AvgIpc) is 2.66. The van der Waals surface area contributed by atoms with Gasteiger partial charge in [0, 0.05) is 13.1 Å². The van der Waals surface area contributed by atoms with E-state index in [1.807, 2.05) is 4.90 Å². The predicted molar refractivity (Wildman–Crippen MR) is 81.2 cm³/mol. The molecule has 2 amide bonds. The fraction of sp³-hybridized carbons (Fsp3) is 0.857. The van der Waals surface area contributed by atoms with Crippen molar-refractivity contribution in [3.8, 4) is 0 Å². The number of rotatable bonds is 2. The third-order valence-electron chi connectivity index (χ3n) is 4.42. The van der Waals surface area contributed by atoms with Crippen LogP contribution in [-0.2, 0) is 0 Å². The van der Waals surface area contributed by atoms with Crippen LogP contribution in [0.3, 0.4) is 0 Å². The smallest absolute Gasteiger partial charge is 0.318 e. The first kappa shape index (κ1) is 14.6. The van der Waals surface area contributed by atoms with E-state index in [1.54, 1.807) is 0 Å². The van der Waals surface area contributed by atoms with Crippen molar-refractivity contribution in [3.63, 3.8) is 0 Å². The Labute approximate surface area is 121 Å².